The summed E-state index contributed by atoms with van der Waals surface area (Å²) >= 11 is 9.32. The molecule has 2 rings (SSSR count). The Balaban J connectivity index is 2.70. The highest BCUT2D eigenvalue weighted by atomic mass is 79.9. The maximum absolute atomic E-state index is 12.2. The molecule has 0 N–H and O–H groups in total. The van der Waals surface area contributed by atoms with Crippen LogP contribution in [0.2, 0.25) is 5.28 Å². The summed E-state index contributed by atoms with van der Waals surface area (Å²) in [6.45, 7) is 0.801. The molecule has 0 amide bonds. The van der Waals surface area contributed by atoms with E-state index in [1.807, 2.05) is 6.07 Å². The molecule has 0 bridgehead atoms. The van der Waals surface area contributed by atoms with E-state index in [1.165, 1.54) is 4.57 Å². The van der Waals surface area contributed by atoms with Gasteiger partial charge in [0.15, 0.2) is 0 Å². The van der Waals surface area contributed by atoms with Crippen molar-refractivity contribution in [3.05, 3.63) is 38.3 Å². The minimum absolute atomic E-state index is 0.162. The van der Waals surface area contributed by atoms with Crippen LogP contribution in [-0.4, -0.2) is 23.3 Å². The SMILES string of the molecule is COCCn1c(Cl)nc2cccc(Br)c2c1=O. The van der Waals surface area contributed by atoms with E-state index < -0.39 is 0 Å². The molecule has 0 spiro atoms. The highest BCUT2D eigenvalue weighted by Crippen LogP contribution is 2.20. The Morgan fingerprint density at radius 3 is 3.00 bits per heavy atom. The van der Waals surface area contributed by atoms with Gasteiger partial charge >= 0.3 is 0 Å². The summed E-state index contributed by atoms with van der Waals surface area (Å²) in [6.07, 6.45) is 0. The molecule has 0 atom stereocenters. The monoisotopic (exact) mass is 316 g/mol. The summed E-state index contributed by atoms with van der Waals surface area (Å²) in [6, 6.07) is 5.38. The Morgan fingerprint density at radius 1 is 1.53 bits per heavy atom. The quantitative estimate of drug-likeness (QED) is 0.817. The van der Waals surface area contributed by atoms with E-state index >= 15 is 0 Å². The lowest BCUT2D eigenvalue weighted by molar-refractivity contribution is 0.186. The van der Waals surface area contributed by atoms with E-state index in [0.717, 1.165) is 4.47 Å². The minimum atomic E-state index is -0.162. The van der Waals surface area contributed by atoms with Crippen molar-refractivity contribution in [2.45, 2.75) is 6.54 Å². The first-order chi connectivity index (χ1) is 8.15. The highest BCUT2D eigenvalue weighted by molar-refractivity contribution is 9.10. The Hall–Kier alpha value is -0.910. The highest BCUT2D eigenvalue weighted by Gasteiger charge is 2.11. The Bertz CT molecular complexity index is 612. The first-order valence-corrected chi connectivity index (χ1v) is 6.15. The zero-order valence-electron chi connectivity index (χ0n) is 9.11. The van der Waals surface area contributed by atoms with Gasteiger partial charge in [0.05, 0.1) is 24.1 Å². The van der Waals surface area contributed by atoms with Gasteiger partial charge < -0.3 is 4.74 Å². The van der Waals surface area contributed by atoms with Crippen molar-refractivity contribution in [3.8, 4) is 0 Å². The predicted octanol–water partition coefficient (Wildman–Crippen LogP) is 2.46. The van der Waals surface area contributed by atoms with Gasteiger partial charge in [-0.05, 0) is 39.7 Å². The lowest BCUT2D eigenvalue weighted by Crippen LogP contribution is -2.24. The summed E-state index contributed by atoms with van der Waals surface area (Å²) in [4.78, 5) is 16.4. The fourth-order valence-corrected chi connectivity index (χ4v) is 2.35. The number of aromatic nitrogens is 2. The fourth-order valence-electron chi connectivity index (χ4n) is 1.57. The topological polar surface area (TPSA) is 44.1 Å². The van der Waals surface area contributed by atoms with Gasteiger partial charge in [0.25, 0.3) is 5.56 Å². The molecule has 0 radical (unpaired) electrons. The number of methoxy groups -OCH3 is 1. The molecule has 0 saturated carbocycles. The van der Waals surface area contributed by atoms with Crippen LogP contribution in [0.4, 0.5) is 0 Å². The van der Waals surface area contributed by atoms with E-state index in [2.05, 4.69) is 20.9 Å². The number of halogens is 2. The van der Waals surface area contributed by atoms with Gasteiger partial charge in [-0.15, -0.1) is 0 Å². The van der Waals surface area contributed by atoms with Gasteiger partial charge in [0, 0.05) is 11.6 Å². The summed E-state index contributed by atoms with van der Waals surface area (Å²) in [7, 11) is 1.57. The molecule has 2 aromatic rings. The van der Waals surface area contributed by atoms with Crippen LogP contribution >= 0.6 is 27.5 Å². The average Bonchev–Trinajstić information content (AvgIpc) is 2.28. The molecule has 4 nitrogen and oxygen atoms in total. The number of rotatable bonds is 3. The molecule has 1 aromatic carbocycles. The van der Waals surface area contributed by atoms with Crippen molar-refractivity contribution in [3.63, 3.8) is 0 Å². The third kappa shape index (κ3) is 2.36. The fraction of sp³-hybridized carbons (Fsp3) is 0.273. The van der Waals surface area contributed by atoms with Crippen LogP contribution in [0.1, 0.15) is 0 Å². The van der Waals surface area contributed by atoms with Crippen LogP contribution < -0.4 is 5.56 Å². The van der Waals surface area contributed by atoms with Crippen LogP contribution in [-0.2, 0) is 11.3 Å². The third-order valence-corrected chi connectivity index (χ3v) is 3.35. The van der Waals surface area contributed by atoms with Crippen LogP contribution in [0, 0.1) is 0 Å². The molecule has 1 aromatic heterocycles. The molecule has 0 saturated heterocycles. The molecule has 90 valence electrons. The standard InChI is InChI=1S/C11H10BrClN2O2/c1-17-6-5-15-10(16)9-7(12)3-2-4-8(9)14-11(15)13/h2-4H,5-6H2,1H3. The van der Waals surface area contributed by atoms with Gasteiger partial charge in [-0.25, -0.2) is 4.98 Å². The van der Waals surface area contributed by atoms with Gasteiger partial charge in [-0.2, -0.15) is 0 Å². The Kier molecular flexibility index (Phi) is 3.81. The second kappa shape index (κ2) is 5.16. The molecule has 0 aliphatic heterocycles. The summed E-state index contributed by atoms with van der Waals surface area (Å²) in [5, 5.41) is 0.714. The van der Waals surface area contributed by atoms with E-state index in [9.17, 15) is 4.79 Å². The summed E-state index contributed by atoms with van der Waals surface area (Å²) in [5.74, 6) is 0. The van der Waals surface area contributed by atoms with Crippen molar-refractivity contribution in [2.75, 3.05) is 13.7 Å². The van der Waals surface area contributed by atoms with E-state index in [-0.39, 0.29) is 10.8 Å². The lowest BCUT2D eigenvalue weighted by Gasteiger charge is -2.09. The molecule has 17 heavy (non-hydrogen) atoms. The van der Waals surface area contributed by atoms with Gasteiger partial charge in [0.1, 0.15) is 0 Å². The smallest absolute Gasteiger partial charge is 0.263 e. The van der Waals surface area contributed by atoms with E-state index in [0.29, 0.717) is 24.1 Å². The second-order valence-corrected chi connectivity index (χ2v) is 4.66. The summed E-state index contributed by atoms with van der Waals surface area (Å²) in [5.41, 5.74) is 0.424. The summed E-state index contributed by atoms with van der Waals surface area (Å²) < 4.78 is 7.06. The molecular formula is C11H10BrClN2O2. The van der Waals surface area contributed by atoms with Crippen molar-refractivity contribution >= 4 is 38.4 Å². The first kappa shape index (κ1) is 12.5. The van der Waals surface area contributed by atoms with Crippen molar-refractivity contribution in [1.82, 2.24) is 9.55 Å². The lowest BCUT2D eigenvalue weighted by atomic mass is 10.2. The predicted molar refractivity (Wildman–Crippen MR) is 70.6 cm³/mol. The van der Waals surface area contributed by atoms with Crippen molar-refractivity contribution in [1.29, 1.82) is 0 Å². The van der Waals surface area contributed by atoms with Crippen molar-refractivity contribution in [2.24, 2.45) is 0 Å². The molecule has 0 fully saturated rings. The largest absolute Gasteiger partial charge is 0.383 e. The van der Waals surface area contributed by atoms with Gasteiger partial charge in [-0.3, -0.25) is 9.36 Å². The van der Waals surface area contributed by atoms with Gasteiger partial charge in [0.2, 0.25) is 5.28 Å². The van der Waals surface area contributed by atoms with E-state index in [1.54, 1.807) is 19.2 Å². The van der Waals surface area contributed by atoms with Crippen LogP contribution in [0.3, 0.4) is 0 Å². The molecular weight excluding hydrogens is 307 g/mol. The normalized spacial score (nSPS) is 11.0. The number of nitrogens with zero attached hydrogens (tertiary/aromatic N) is 2. The second-order valence-electron chi connectivity index (χ2n) is 3.46. The number of hydrogen-bond acceptors (Lipinski definition) is 3. The first-order valence-electron chi connectivity index (χ1n) is 4.98. The maximum Gasteiger partial charge on any atom is 0.263 e. The van der Waals surface area contributed by atoms with Crippen molar-refractivity contribution < 1.29 is 4.74 Å². The van der Waals surface area contributed by atoms with Crippen LogP contribution in [0.25, 0.3) is 10.9 Å². The van der Waals surface area contributed by atoms with Crippen LogP contribution in [0.5, 0.6) is 0 Å². The van der Waals surface area contributed by atoms with Gasteiger partial charge in [-0.1, -0.05) is 6.07 Å². The molecule has 0 aliphatic rings. The zero-order valence-corrected chi connectivity index (χ0v) is 11.5. The minimum Gasteiger partial charge on any atom is -0.383 e. The number of fused-ring (bicyclic) bond motifs is 1. The molecule has 0 unspecified atom stereocenters. The van der Waals surface area contributed by atoms with E-state index in [4.69, 9.17) is 16.3 Å². The molecule has 6 heteroatoms. The third-order valence-electron chi connectivity index (χ3n) is 2.41. The number of hydrogen-bond donors (Lipinski definition) is 0. The Labute approximate surface area is 111 Å². The average molecular weight is 318 g/mol. The van der Waals surface area contributed by atoms with Crippen LogP contribution in [0.15, 0.2) is 27.5 Å². The molecule has 1 heterocycles. The number of benzene rings is 1. The number of ether oxygens (including phenoxy) is 1. The zero-order chi connectivity index (χ0) is 12.4. The maximum atomic E-state index is 12.2. The molecule has 0 aliphatic carbocycles. The Morgan fingerprint density at radius 2 is 2.29 bits per heavy atom.